The molecule has 0 radical (unpaired) electrons. The van der Waals surface area contributed by atoms with Crippen LogP contribution in [-0.2, 0) is 19.1 Å². The van der Waals surface area contributed by atoms with Gasteiger partial charge in [0, 0.05) is 22.9 Å². The van der Waals surface area contributed by atoms with Gasteiger partial charge in [0.2, 0.25) is 5.60 Å². The van der Waals surface area contributed by atoms with Crippen molar-refractivity contribution < 1.29 is 23.8 Å². The van der Waals surface area contributed by atoms with Gasteiger partial charge in [-0.05, 0) is 30.5 Å². The SMILES string of the molecule is COC[C@]1(C)CC[C@@](OC(=O)CN=[N+]=[N-])(C(=O)Oc2ccccc2)C1(C)C. The minimum Gasteiger partial charge on any atom is -0.446 e. The third kappa shape index (κ3) is 3.77. The lowest BCUT2D eigenvalue weighted by atomic mass is 9.64. The number of ether oxygens (including phenoxy) is 3. The average Bonchev–Trinajstić information content (AvgIpc) is 2.82. The summed E-state index contributed by atoms with van der Waals surface area (Å²) >= 11 is 0. The van der Waals surface area contributed by atoms with E-state index < -0.39 is 34.9 Å². The number of carbonyl (C=O) groups is 2. The van der Waals surface area contributed by atoms with Crippen LogP contribution >= 0.6 is 0 Å². The molecule has 0 saturated heterocycles. The van der Waals surface area contributed by atoms with Crippen LogP contribution in [0.4, 0.5) is 0 Å². The van der Waals surface area contributed by atoms with Crippen LogP contribution in [0.3, 0.4) is 0 Å². The molecule has 0 aliphatic heterocycles. The fourth-order valence-electron chi connectivity index (χ4n) is 3.71. The van der Waals surface area contributed by atoms with Crippen molar-refractivity contribution in [3.63, 3.8) is 0 Å². The molecule has 1 saturated carbocycles. The highest BCUT2D eigenvalue weighted by atomic mass is 16.6. The molecule has 1 aliphatic rings. The molecule has 1 aromatic carbocycles. The number of hydrogen-bond donors (Lipinski definition) is 0. The normalized spacial score (nSPS) is 26.1. The van der Waals surface area contributed by atoms with E-state index in [1.165, 1.54) is 0 Å². The molecule has 0 amide bonds. The van der Waals surface area contributed by atoms with Gasteiger partial charge in [-0.15, -0.1) is 0 Å². The summed E-state index contributed by atoms with van der Waals surface area (Å²) in [6.45, 7) is 5.63. The lowest BCUT2D eigenvalue weighted by molar-refractivity contribution is -0.194. The molecule has 0 bridgehead atoms. The highest BCUT2D eigenvalue weighted by Gasteiger charge is 2.67. The van der Waals surface area contributed by atoms with Crippen LogP contribution in [0, 0.1) is 10.8 Å². The molecule has 1 aliphatic carbocycles. The average molecular weight is 375 g/mol. The summed E-state index contributed by atoms with van der Waals surface area (Å²) in [4.78, 5) is 28.0. The Balaban J connectivity index is 2.41. The monoisotopic (exact) mass is 375 g/mol. The van der Waals surface area contributed by atoms with Crippen molar-refractivity contribution in [2.24, 2.45) is 15.9 Å². The van der Waals surface area contributed by atoms with E-state index in [4.69, 9.17) is 19.7 Å². The van der Waals surface area contributed by atoms with Gasteiger partial charge in [-0.3, -0.25) is 4.79 Å². The predicted molar refractivity (Wildman–Crippen MR) is 97.9 cm³/mol. The van der Waals surface area contributed by atoms with Crippen LogP contribution < -0.4 is 4.74 Å². The summed E-state index contributed by atoms with van der Waals surface area (Å²) in [6.07, 6.45) is 0.889. The molecular formula is C19H25N3O5. The van der Waals surface area contributed by atoms with Crippen molar-refractivity contribution in [3.05, 3.63) is 40.8 Å². The molecule has 0 heterocycles. The summed E-state index contributed by atoms with van der Waals surface area (Å²) in [5.41, 5.74) is 5.72. The third-order valence-electron chi connectivity index (χ3n) is 5.84. The molecule has 0 N–H and O–H groups in total. The van der Waals surface area contributed by atoms with Gasteiger partial charge in [0.05, 0.1) is 6.61 Å². The van der Waals surface area contributed by atoms with Crippen LogP contribution in [0.15, 0.2) is 35.4 Å². The van der Waals surface area contributed by atoms with E-state index in [1.807, 2.05) is 26.8 Å². The van der Waals surface area contributed by atoms with Gasteiger partial charge in [-0.2, -0.15) is 0 Å². The lowest BCUT2D eigenvalue weighted by Gasteiger charge is -2.45. The Kier molecular flexibility index (Phi) is 6.13. The van der Waals surface area contributed by atoms with Crippen LogP contribution in [-0.4, -0.2) is 37.8 Å². The Morgan fingerprint density at radius 3 is 2.44 bits per heavy atom. The smallest absolute Gasteiger partial charge is 0.356 e. The second-order valence-corrected chi connectivity index (χ2v) is 7.51. The minimum atomic E-state index is -1.52. The second kappa shape index (κ2) is 7.98. The van der Waals surface area contributed by atoms with Gasteiger partial charge in [0.15, 0.2) is 0 Å². The zero-order chi connectivity index (χ0) is 20.1. The number of esters is 2. The molecule has 2 atom stereocenters. The Hall–Kier alpha value is -2.57. The van der Waals surface area contributed by atoms with Gasteiger partial charge in [-0.25, -0.2) is 4.79 Å². The summed E-state index contributed by atoms with van der Waals surface area (Å²) in [6, 6.07) is 8.62. The van der Waals surface area contributed by atoms with Gasteiger partial charge < -0.3 is 14.2 Å². The number of rotatable bonds is 7. The van der Waals surface area contributed by atoms with Crippen molar-refractivity contribution in [2.75, 3.05) is 20.3 Å². The highest BCUT2D eigenvalue weighted by molar-refractivity contribution is 5.87. The van der Waals surface area contributed by atoms with Crippen LogP contribution in [0.25, 0.3) is 10.4 Å². The molecule has 1 fully saturated rings. The second-order valence-electron chi connectivity index (χ2n) is 7.51. The summed E-state index contributed by atoms with van der Waals surface area (Å²) in [5, 5.41) is 3.24. The number of carbonyl (C=O) groups excluding carboxylic acids is 2. The summed E-state index contributed by atoms with van der Waals surface area (Å²) < 4.78 is 16.6. The molecule has 0 spiro atoms. The number of nitrogens with zero attached hydrogens (tertiary/aromatic N) is 3. The third-order valence-corrected chi connectivity index (χ3v) is 5.84. The summed E-state index contributed by atoms with van der Waals surface area (Å²) in [5.74, 6) is -1.05. The Labute approximate surface area is 158 Å². The number of hydrogen-bond acceptors (Lipinski definition) is 6. The molecule has 2 rings (SSSR count). The van der Waals surface area contributed by atoms with Crippen LogP contribution in [0.2, 0.25) is 0 Å². The fourth-order valence-corrected chi connectivity index (χ4v) is 3.71. The van der Waals surface area contributed by atoms with E-state index in [9.17, 15) is 9.59 Å². The van der Waals surface area contributed by atoms with Crippen molar-refractivity contribution >= 4 is 11.9 Å². The first-order valence-corrected chi connectivity index (χ1v) is 8.71. The van der Waals surface area contributed by atoms with Crippen molar-refractivity contribution in [1.82, 2.24) is 0 Å². The molecule has 8 nitrogen and oxygen atoms in total. The summed E-state index contributed by atoms with van der Waals surface area (Å²) in [7, 11) is 1.59. The number of azide groups is 1. The van der Waals surface area contributed by atoms with Gasteiger partial charge in [0.1, 0.15) is 12.3 Å². The van der Waals surface area contributed by atoms with Crippen molar-refractivity contribution in [3.8, 4) is 5.75 Å². The molecule has 146 valence electrons. The minimum absolute atomic E-state index is 0.285. The molecule has 8 heteroatoms. The van der Waals surface area contributed by atoms with Crippen molar-refractivity contribution in [2.45, 2.75) is 39.2 Å². The Morgan fingerprint density at radius 1 is 1.19 bits per heavy atom. The first kappa shape index (κ1) is 20.7. The number of methoxy groups -OCH3 is 1. The number of para-hydroxylation sites is 1. The van der Waals surface area contributed by atoms with Gasteiger partial charge >= 0.3 is 11.9 Å². The van der Waals surface area contributed by atoms with Crippen LogP contribution in [0.1, 0.15) is 33.6 Å². The quantitative estimate of drug-likeness (QED) is 0.237. The molecule has 0 unspecified atom stereocenters. The molecule has 27 heavy (non-hydrogen) atoms. The fraction of sp³-hybridized carbons (Fsp3) is 0.579. The van der Waals surface area contributed by atoms with E-state index in [0.717, 1.165) is 0 Å². The molecule has 0 aromatic heterocycles. The highest BCUT2D eigenvalue weighted by Crippen LogP contribution is 2.60. The zero-order valence-corrected chi connectivity index (χ0v) is 16.1. The number of benzene rings is 1. The van der Waals surface area contributed by atoms with E-state index in [-0.39, 0.29) is 6.42 Å². The Bertz CT molecular complexity index is 745. The standard InChI is InChI=1S/C19H25N3O5/c1-17(2)18(3,13-25-4)10-11-19(17,27-15(23)12-21-22-20)16(24)26-14-8-6-5-7-9-14/h5-9H,10-13H2,1-4H3/t18-,19+/m0/s1. The molecular weight excluding hydrogens is 350 g/mol. The first-order chi connectivity index (χ1) is 12.7. The topological polar surface area (TPSA) is 111 Å². The lowest BCUT2D eigenvalue weighted by Crippen LogP contribution is -2.57. The largest absolute Gasteiger partial charge is 0.446 e. The van der Waals surface area contributed by atoms with E-state index >= 15 is 0 Å². The first-order valence-electron chi connectivity index (χ1n) is 8.71. The van der Waals surface area contributed by atoms with Gasteiger partial charge in [-0.1, -0.05) is 44.1 Å². The maximum absolute atomic E-state index is 13.2. The van der Waals surface area contributed by atoms with E-state index in [1.54, 1.807) is 31.4 Å². The van der Waals surface area contributed by atoms with Gasteiger partial charge in [0.25, 0.3) is 0 Å². The van der Waals surface area contributed by atoms with Crippen LogP contribution in [0.5, 0.6) is 5.75 Å². The van der Waals surface area contributed by atoms with E-state index in [0.29, 0.717) is 18.8 Å². The van der Waals surface area contributed by atoms with E-state index in [2.05, 4.69) is 10.0 Å². The Morgan fingerprint density at radius 2 is 1.85 bits per heavy atom. The zero-order valence-electron chi connectivity index (χ0n) is 16.1. The maximum Gasteiger partial charge on any atom is 0.356 e. The predicted octanol–water partition coefficient (Wildman–Crippen LogP) is 3.66. The molecule has 1 aromatic rings. The van der Waals surface area contributed by atoms with Crippen molar-refractivity contribution in [1.29, 1.82) is 0 Å². The maximum atomic E-state index is 13.2.